The highest BCUT2D eigenvalue weighted by Gasteiger charge is 2.19. The van der Waals surface area contributed by atoms with Crippen LogP contribution in [0.5, 0.6) is 11.5 Å². The van der Waals surface area contributed by atoms with Crippen LogP contribution in [0.3, 0.4) is 0 Å². The van der Waals surface area contributed by atoms with Gasteiger partial charge in [-0.2, -0.15) is 9.61 Å². The van der Waals surface area contributed by atoms with Gasteiger partial charge in [-0.25, -0.2) is 9.78 Å². The highest BCUT2D eigenvalue weighted by molar-refractivity contribution is 5.83. The normalized spacial score (nSPS) is 11.0. The lowest BCUT2D eigenvalue weighted by atomic mass is 10.00. The maximum Gasteiger partial charge on any atom is 0.349 e. The Morgan fingerprint density at radius 2 is 1.74 bits per heavy atom. The van der Waals surface area contributed by atoms with E-state index in [2.05, 4.69) is 15.1 Å². The first-order chi connectivity index (χ1) is 11.0. The van der Waals surface area contributed by atoms with E-state index in [4.69, 9.17) is 9.47 Å². The molecule has 0 radical (unpaired) electrons. The van der Waals surface area contributed by atoms with Gasteiger partial charge < -0.3 is 9.47 Å². The molecule has 0 fully saturated rings. The number of H-pyrrole nitrogens is 1. The predicted octanol–water partition coefficient (Wildman–Crippen LogP) is 2.03. The summed E-state index contributed by atoms with van der Waals surface area (Å²) in [6, 6.07) is 3.79. The quantitative estimate of drug-likeness (QED) is 0.800. The Morgan fingerprint density at radius 1 is 1.09 bits per heavy atom. The van der Waals surface area contributed by atoms with Crippen LogP contribution in [0.15, 0.2) is 16.9 Å². The van der Waals surface area contributed by atoms with Crippen LogP contribution in [0.4, 0.5) is 0 Å². The highest BCUT2D eigenvalue weighted by Crippen LogP contribution is 2.37. The zero-order chi connectivity index (χ0) is 16.7. The Kier molecular flexibility index (Phi) is 3.55. The van der Waals surface area contributed by atoms with Gasteiger partial charge in [-0.1, -0.05) is 0 Å². The maximum absolute atomic E-state index is 12.1. The van der Waals surface area contributed by atoms with Crippen LogP contribution >= 0.6 is 0 Å². The lowest BCUT2D eigenvalue weighted by Crippen LogP contribution is -2.19. The second-order valence-electron chi connectivity index (χ2n) is 5.35. The summed E-state index contributed by atoms with van der Waals surface area (Å²) in [5.74, 6) is 1.82. The summed E-state index contributed by atoms with van der Waals surface area (Å²) < 4.78 is 12.0. The van der Waals surface area contributed by atoms with Gasteiger partial charge in [-0.05, 0) is 44.0 Å². The summed E-state index contributed by atoms with van der Waals surface area (Å²) in [6.07, 6.45) is 0. The third kappa shape index (κ3) is 2.34. The van der Waals surface area contributed by atoms with Gasteiger partial charge in [0.15, 0.2) is 17.1 Å². The molecule has 1 N–H and O–H groups in total. The molecule has 0 aliphatic carbocycles. The molecular weight excluding hydrogens is 296 g/mol. The fourth-order valence-corrected chi connectivity index (χ4v) is 2.72. The van der Waals surface area contributed by atoms with Gasteiger partial charge >= 0.3 is 5.69 Å². The summed E-state index contributed by atoms with van der Waals surface area (Å²) in [5.41, 5.74) is 3.66. The molecule has 3 rings (SSSR count). The lowest BCUT2D eigenvalue weighted by molar-refractivity contribution is 0.355. The molecule has 0 aliphatic heterocycles. The molecular formula is C16H18N4O3. The number of hydrogen-bond donors (Lipinski definition) is 1. The van der Waals surface area contributed by atoms with Crippen LogP contribution in [-0.4, -0.2) is 33.8 Å². The molecule has 0 spiro atoms. The molecule has 0 bridgehead atoms. The van der Waals surface area contributed by atoms with E-state index >= 15 is 0 Å². The molecule has 0 unspecified atom stereocenters. The minimum atomic E-state index is -0.306. The number of aryl methyl sites for hydroxylation is 3. The summed E-state index contributed by atoms with van der Waals surface area (Å²) in [5, 5.41) is 4.31. The predicted molar refractivity (Wildman–Crippen MR) is 86.4 cm³/mol. The van der Waals surface area contributed by atoms with E-state index in [9.17, 15) is 4.79 Å². The van der Waals surface area contributed by atoms with Crippen molar-refractivity contribution in [3.05, 3.63) is 39.7 Å². The number of fused-ring (bicyclic) bond motifs is 1. The van der Waals surface area contributed by atoms with Crippen LogP contribution in [-0.2, 0) is 0 Å². The standard InChI is InChI=1S/C16H18N4O3/c1-8-6-12(22-4)13(23-5)7-11(8)14-9(2)19-20-15(14)17-10(3)18-16(20)21/h6-7H,1-5H3,(H,17,18,21). The van der Waals surface area contributed by atoms with Gasteiger partial charge in [-0.3, -0.25) is 4.98 Å². The Morgan fingerprint density at radius 3 is 2.39 bits per heavy atom. The maximum atomic E-state index is 12.1. The summed E-state index contributed by atoms with van der Waals surface area (Å²) in [4.78, 5) is 19.2. The number of rotatable bonds is 3. The van der Waals surface area contributed by atoms with Gasteiger partial charge in [-0.15, -0.1) is 0 Å². The van der Waals surface area contributed by atoms with Crippen LogP contribution in [0.25, 0.3) is 16.8 Å². The fraction of sp³-hybridized carbons (Fsp3) is 0.312. The molecule has 1 aromatic carbocycles. The van der Waals surface area contributed by atoms with Crippen molar-refractivity contribution in [2.24, 2.45) is 0 Å². The van der Waals surface area contributed by atoms with E-state index < -0.39 is 0 Å². The Labute approximate surface area is 132 Å². The third-order valence-electron chi connectivity index (χ3n) is 3.79. The molecule has 3 aromatic rings. The van der Waals surface area contributed by atoms with Crippen molar-refractivity contribution in [1.29, 1.82) is 0 Å². The van der Waals surface area contributed by atoms with E-state index in [0.717, 1.165) is 22.4 Å². The highest BCUT2D eigenvalue weighted by atomic mass is 16.5. The molecule has 0 amide bonds. The Hall–Kier alpha value is -2.83. The number of nitrogens with one attached hydrogen (secondary N) is 1. The first kappa shape index (κ1) is 15.1. The second-order valence-corrected chi connectivity index (χ2v) is 5.35. The SMILES string of the molecule is COc1cc(C)c(-c2c(C)nn3c(=O)[nH]c(C)nc23)cc1OC. The van der Waals surface area contributed by atoms with E-state index in [0.29, 0.717) is 23.0 Å². The van der Waals surface area contributed by atoms with E-state index in [1.165, 1.54) is 4.52 Å². The van der Waals surface area contributed by atoms with E-state index in [1.807, 2.05) is 26.0 Å². The van der Waals surface area contributed by atoms with Crippen molar-refractivity contribution in [2.75, 3.05) is 14.2 Å². The molecule has 0 saturated heterocycles. The summed E-state index contributed by atoms with van der Waals surface area (Å²) in [7, 11) is 3.19. The van der Waals surface area contributed by atoms with E-state index in [-0.39, 0.29) is 5.69 Å². The van der Waals surface area contributed by atoms with Crippen molar-refractivity contribution in [1.82, 2.24) is 19.6 Å². The van der Waals surface area contributed by atoms with Gasteiger partial charge in [0.1, 0.15) is 5.82 Å². The van der Waals surface area contributed by atoms with Crippen molar-refractivity contribution < 1.29 is 9.47 Å². The largest absolute Gasteiger partial charge is 0.493 e. The topological polar surface area (TPSA) is 81.5 Å². The average Bonchev–Trinajstić information content (AvgIpc) is 2.83. The molecule has 7 heteroatoms. The van der Waals surface area contributed by atoms with Gasteiger partial charge in [0, 0.05) is 0 Å². The van der Waals surface area contributed by atoms with Crippen molar-refractivity contribution in [2.45, 2.75) is 20.8 Å². The van der Waals surface area contributed by atoms with Crippen LogP contribution in [0.2, 0.25) is 0 Å². The lowest BCUT2D eigenvalue weighted by Gasteiger charge is -2.12. The number of aromatic amines is 1. The van der Waals surface area contributed by atoms with Gasteiger partial charge in [0.25, 0.3) is 0 Å². The fourth-order valence-electron chi connectivity index (χ4n) is 2.72. The number of ether oxygens (including phenoxy) is 2. The van der Waals surface area contributed by atoms with Crippen molar-refractivity contribution >= 4 is 5.65 Å². The molecule has 2 heterocycles. The van der Waals surface area contributed by atoms with Crippen molar-refractivity contribution in [3.8, 4) is 22.6 Å². The zero-order valence-electron chi connectivity index (χ0n) is 13.7. The average molecular weight is 314 g/mol. The molecule has 0 atom stereocenters. The van der Waals surface area contributed by atoms with Crippen LogP contribution in [0.1, 0.15) is 17.1 Å². The molecule has 7 nitrogen and oxygen atoms in total. The molecule has 2 aromatic heterocycles. The minimum Gasteiger partial charge on any atom is -0.493 e. The number of aromatic nitrogens is 4. The molecule has 23 heavy (non-hydrogen) atoms. The first-order valence-electron chi connectivity index (χ1n) is 7.15. The number of methoxy groups -OCH3 is 2. The van der Waals surface area contributed by atoms with Gasteiger partial charge in [0.05, 0.1) is 25.5 Å². The third-order valence-corrected chi connectivity index (χ3v) is 3.79. The molecule has 0 aliphatic rings. The molecule has 120 valence electrons. The number of hydrogen-bond acceptors (Lipinski definition) is 5. The van der Waals surface area contributed by atoms with E-state index in [1.54, 1.807) is 21.1 Å². The summed E-state index contributed by atoms with van der Waals surface area (Å²) >= 11 is 0. The van der Waals surface area contributed by atoms with Crippen molar-refractivity contribution in [3.63, 3.8) is 0 Å². The minimum absolute atomic E-state index is 0.306. The van der Waals surface area contributed by atoms with Gasteiger partial charge in [0.2, 0.25) is 0 Å². The Bertz CT molecular complexity index is 956. The first-order valence-corrected chi connectivity index (χ1v) is 7.15. The monoisotopic (exact) mass is 314 g/mol. The smallest absolute Gasteiger partial charge is 0.349 e. The number of nitrogens with zero attached hydrogens (tertiary/aromatic N) is 3. The van der Waals surface area contributed by atoms with Crippen LogP contribution in [0, 0.1) is 20.8 Å². The van der Waals surface area contributed by atoms with Crippen LogP contribution < -0.4 is 15.2 Å². The number of benzene rings is 1. The summed E-state index contributed by atoms with van der Waals surface area (Å²) in [6.45, 7) is 5.57. The second kappa shape index (κ2) is 5.42. The zero-order valence-corrected chi connectivity index (χ0v) is 13.7. The molecule has 0 saturated carbocycles. The Balaban J connectivity index is 2.37.